The number of nitrogens with zero attached hydrogens (tertiary/aromatic N) is 2. The number of aryl methyl sites for hydroxylation is 1. The lowest BCUT2D eigenvalue weighted by Gasteiger charge is -2.35. The van der Waals surface area contributed by atoms with Gasteiger partial charge in [0.05, 0.1) is 6.20 Å². The number of hydrogen-bond donors (Lipinski definition) is 2. The second-order valence-corrected chi connectivity index (χ2v) is 6.15. The first-order valence-electron chi connectivity index (χ1n) is 6.91. The van der Waals surface area contributed by atoms with Crippen molar-refractivity contribution in [1.29, 1.82) is 0 Å². The number of halogens is 1. The number of amides is 1. The van der Waals surface area contributed by atoms with E-state index in [1.807, 2.05) is 37.4 Å². The Morgan fingerprint density at radius 2 is 2.33 bits per heavy atom. The smallest absolute Gasteiger partial charge is 0.242 e. The molecule has 1 aromatic carbocycles. The molecule has 6 heteroatoms. The van der Waals surface area contributed by atoms with Crippen LogP contribution in [-0.2, 0) is 11.3 Å². The van der Waals surface area contributed by atoms with Gasteiger partial charge in [0, 0.05) is 35.4 Å². The van der Waals surface area contributed by atoms with Crippen LogP contribution in [0.3, 0.4) is 0 Å². The highest BCUT2D eigenvalue weighted by molar-refractivity contribution is 9.10. The molecule has 5 nitrogen and oxygen atoms in total. The molecule has 0 spiro atoms. The first-order valence-corrected chi connectivity index (χ1v) is 7.70. The first-order chi connectivity index (χ1) is 10.1. The summed E-state index contributed by atoms with van der Waals surface area (Å²) in [6, 6.07) is 7.67. The number of rotatable bonds is 3. The molecule has 1 aliphatic heterocycles. The maximum atomic E-state index is 12.3. The van der Waals surface area contributed by atoms with Crippen molar-refractivity contribution in [3.8, 4) is 0 Å². The van der Waals surface area contributed by atoms with Crippen LogP contribution in [0, 0.1) is 6.92 Å². The van der Waals surface area contributed by atoms with Crippen molar-refractivity contribution in [2.24, 2.45) is 0 Å². The van der Waals surface area contributed by atoms with Crippen LogP contribution in [0.1, 0.15) is 22.9 Å². The van der Waals surface area contributed by atoms with Gasteiger partial charge in [0.1, 0.15) is 6.04 Å². The lowest BCUT2D eigenvalue weighted by molar-refractivity contribution is -0.129. The van der Waals surface area contributed by atoms with Crippen LogP contribution in [0.15, 0.2) is 34.9 Å². The summed E-state index contributed by atoms with van der Waals surface area (Å²) in [5, 5.41) is 9.96. The predicted molar refractivity (Wildman–Crippen MR) is 83.6 cm³/mol. The van der Waals surface area contributed by atoms with Gasteiger partial charge in [-0.1, -0.05) is 28.1 Å². The standard InChI is InChI=1S/C15H17BrN4O/c1-10-12(8-18-19-10)9-20-6-5-17-15(21)14(20)11-3-2-4-13(16)7-11/h2-4,7-8,14H,5-6,9H2,1H3,(H,17,21)(H,18,19). The van der Waals surface area contributed by atoms with Gasteiger partial charge in [0.15, 0.2) is 0 Å². The minimum Gasteiger partial charge on any atom is -0.353 e. The van der Waals surface area contributed by atoms with Crippen LogP contribution in [0.5, 0.6) is 0 Å². The van der Waals surface area contributed by atoms with Crippen molar-refractivity contribution in [3.63, 3.8) is 0 Å². The van der Waals surface area contributed by atoms with Crippen LogP contribution in [-0.4, -0.2) is 34.1 Å². The third-order valence-corrected chi connectivity index (χ3v) is 4.28. The number of carbonyl (C=O) groups excluding carboxylic acids is 1. The Morgan fingerprint density at radius 3 is 3.05 bits per heavy atom. The normalized spacial score (nSPS) is 19.5. The lowest BCUT2D eigenvalue weighted by Crippen LogP contribution is -2.49. The molecule has 2 heterocycles. The summed E-state index contributed by atoms with van der Waals surface area (Å²) < 4.78 is 0.984. The third-order valence-electron chi connectivity index (χ3n) is 3.78. The molecule has 1 unspecified atom stereocenters. The molecule has 1 aromatic heterocycles. The number of H-pyrrole nitrogens is 1. The molecule has 0 radical (unpaired) electrons. The molecule has 1 aliphatic rings. The van der Waals surface area contributed by atoms with Crippen molar-refractivity contribution in [2.75, 3.05) is 13.1 Å². The molecule has 1 saturated heterocycles. The fourth-order valence-corrected chi connectivity index (χ4v) is 3.09. The molecule has 0 aliphatic carbocycles. The molecule has 1 amide bonds. The van der Waals surface area contributed by atoms with Crippen molar-refractivity contribution >= 4 is 21.8 Å². The maximum absolute atomic E-state index is 12.3. The molecule has 3 rings (SSSR count). The van der Waals surface area contributed by atoms with E-state index >= 15 is 0 Å². The third kappa shape index (κ3) is 3.01. The summed E-state index contributed by atoms with van der Waals surface area (Å²) in [6.45, 7) is 4.22. The zero-order valence-electron chi connectivity index (χ0n) is 11.8. The average molecular weight is 349 g/mol. The Kier molecular flexibility index (Phi) is 4.07. The van der Waals surface area contributed by atoms with Gasteiger partial charge in [-0.3, -0.25) is 14.8 Å². The van der Waals surface area contributed by atoms with E-state index in [9.17, 15) is 4.79 Å². The fraction of sp³-hybridized carbons (Fsp3) is 0.333. The molecule has 2 aromatic rings. The molecule has 0 saturated carbocycles. The van der Waals surface area contributed by atoms with Gasteiger partial charge < -0.3 is 5.32 Å². The summed E-state index contributed by atoms with van der Waals surface area (Å²) in [6.07, 6.45) is 1.83. The van der Waals surface area contributed by atoms with Gasteiger partial charge >= 0.3 is 0 Å². The van der Waals surface area contributed by atoms with Crippen molar-refractivity contribution in [1.82, 2.24) is 20.4 Å². The van der Waals surface area contributed by atoms with Crippen molar-refractivity contribution < 1.29 is 4.79 Å². The van der Waals surface area contributed by atoms with Crippen LogP contribution in [0.4, 0.5) is 0 Å². The number of nitrogens with one attached hydrogen (secondary N) is 2. The summed E-state index contributed by atoms with van der Waals surface area (Å²) in [5.74, 6) is 0.0560. The summed E-state index contributed by atoms with van der Waals surface area (Å²) in [4.78, 5) is 14.5. The highest BCUT2D eigenvalue weighted by atomic mass is 79.9. The minimum absolute atomic E-state index is 0.0560. The van der Waals surface area contributed by atoms with E-state index in [0.717, 1.165) is 27.8 Å². The van der Waals surface area contributed by atoms with E-state index in [2.05, 4.69) is 36.3 Å². The second kappa shape index (κ2) is 5.99. The van der Waals surface area contributed by atoms with Crippen molar-refractivity contribution in [3.05, 3.63) is 51.8 Å². The molecular formula is C15H17BrN4O. The van der Waals surface area contributed by atoms with E-state index < -0.39 is 0 Å². The fourth-order valence-electron chi connectivity index (χ4n) is 2.68. The zero-order valence-corrected chi connectivity index (χ0v) is 13.4. The topological polar surface area (TPSA) is 61.0 Å². The Morgan fingerprint density at radius 1 is 1.48 bits per heavy atom. The van der Waals surface area contributed by atoms with Crippen LogP contribution >= 0.6 is 15.9 Å². The quantitative estimate of drug-likeness (QED) is 0.893. The van der Waals surface area contributed by atoms with E-state index in [-0.39, 0.29) is 11.9 Å². The van der Waals surface area contributed by atoms with Gasteiger partial charge in [0.2, 0.25) is 5.91 Å². The Bertz CT molecular complexity index is 655. The average Bonchev–Trinajstić information content (AvgIpc) is 2.84. The number of hydrogen-bond acceptors (Lipinski definition) is 3. The minimum atomic E-state index is -0.259. The molecule has 1 atom stereocenters. The zero-order chi connectivity index (χ0) is 14.8. The van der Waals surface area contributed by atoms with E-state index in [0.29, 0.717) is 13.1 Å². The van der Waals surface area contributed by atoms with Gasteiger partial charge in [-0.2, -0.15) is 5.10 Å². The summed E-state index contributed by atoms with van der Waals surface area (Å²) in [5.41, 5.74) is 3.18. The number of benzene rings is 1. The second-order valence-electron chi connectivity index (χ2n) is 5.24. The Labute approximate surface area is 131 Å². The SMILES string of the molecule is Cc1[nH]ncc1CN1CCNC(=O)C1c1cccc(Br)c1. The molecule has 21 heavy (non-hydrogen) atoms. The predicted octanol–water partition coefficient (Wildman–Crippen LogP) is 2.15. The molecular weight excluding hydrogens is 332 g/mol. The largest absolute Gasteiger partial charge is 0.353 e. The van der Waals surface area contributed by atoms with E-state index in [4.69, 9.17) is 0 Å². The summed E-state index contributed by atoms with van der Waals surface area (Å²) >= 11 is 3.48. The molecule has 0 bridgehead atoms. The monoisotopic (exact) mass is 348 g/mol. The number of aromatic nitrogens is 2. The van der Waals surface area contributed by atoms with Crippen LogP contribution < -0.4 is 5.32 Å². The van der Waals surface area contributed by atoms with Gasteiger partial charge in [0.25, 0.3) is 0 Å². The van der Waals surface area contributed by atoms with Gasteiger partial charge in [-0.15, -0.1) is 0 Å². The highest BCUT2D eigenvalue weighted by Gasteiger charge is 2.31. The Hall–Kier alpha value is -1.66. The van der Waals surface area contributed by atoms with Gasteiger partial charge in [-0.25, -0.2) is 0 Å². The Balaban J connectivity index is 1.90. The molecule has 110 valence electrons. The lowest BCUT2D eigenvalue weighted by atomic mass is 10.0. The maximum Gasteiger partial charge on any atom is 0.242 e. The summed E-state index contributed by atoms with van der Waals surface area (Å²) in [7, 11) is 0. The van der Waals surface area contributed by atoms with E-state index in [1.165, 1.54) is 0 Å². The number of aromatic amines is 1. The van der Waals surface area contributed by atoms with Crippen LogP contribution in [0.2, 0.25) is 0 Å². The molecule has 1 fully saturated rings. The molecule has 2 N–H and O–H groups in total. The van der Waals surface area contributed by atoms with Crippen LogP contribution in [0.25, 0.3) is 0 Å². The van der Waals surface area contributed by atoms with E-state index in [1.54, 1.807) is 0 Å². The highest BCUT2D eigenvalue weighted by Crippen LogP contribution is 2.27. The van der Waals surface area contributed by atoms with Gasteiger partial charge in [-0.05, 0) is 24.6 Å². The first kappa shape index (κ1) is 14.3. The van der Waals surface area contributed by atoms with Crippen molar-refractivity contribution in [2.45, 2.75) is 19.5 Å². The number of carbonyl (C=O) groups is 1. The number of piperazine rings is 1.